The van der Waals surface area contributed by atoms with Gasteiger partial charge < -0.3 is 14.6 Å². The Morgan fingerprint density at radius 2 is 1.89 bits per heavy atom. The van der Waals surface area contributed by atoms with Crippen molar-refractivity contribution in [3.05, 3.63) is 41.8 Å². The molecular formula is C13H16N4O. The Balaban J connectivity index is 1.69. The normalized spacial score (nSPS) is 15.9. The van der Waals surface area contributed by atoms with Gasteiger partial charge in [-0.3, -0.25) is 0 Å². The molecule has 0 bridgehead atoms. The van der Waals surface area contributed by atoms with Crippen molar-refractivity contribution in [1.29, 1.82) is 0 Å². The molecule has 1 N–H and O–H groups in total. The molecule has 5 nitrogen and oxygen atoms in total. The summed E-state index contributed by atoms with van der Waals surface area (Å²) in [5, 5.41) is 11.5. The minimum Gasteiger partial charge on any atom is -0.408 e. The van der Waals surface area contributed by atoms with Gasteiger partial charge in [0.1, 0.15) is 0 Å². The van der Waals surface area contributed by atoms with Gasteiger partial charge in [-0.2, -0.15) is 0 Å². The Morgan fingerprint density at radius 1 is 1.11 bits per heavy atom. The molecule has 0 amide bonds. The third kappa shape index (κ3) is 2.51. The molecule has 1 saturated heterocycles. The Hall–Kier alpha value is -1.88. The molecule has 1 aliphatic heterocycles. The highest BCUT2D eigenvalue weighted by atomic mass is 16.4. The predicted molar refractivity (Wildman–Crippen MR) is 68.6 cm³/mol. The summed E-state index contributed by atoms with van der Waals surface area (Å²) in [6.07, 6.45) is 0.694. The van der Waals surface area contributed by atoms with E-state index >= 15 is 0 Å². The Kier molecular flexibility index (Phi) is 3.23. The maximum atomic E-state index is 5.70. The van der Waals surface area contributed by atoms with Crippen LogP contribution in [0.3, 0.4) is 0 Å². The van der Waals surface area contributed by atoms with Crippen LogP contribution < -0.4 is 10.2 Å². The zero-order valence-corrected chi connectivity index (χ0v) is 10.2. The molecule has 0 unspecified atom stereocenters. The summed E-state index contributed by atoms with van der Waals surface area (Å²) in [7, 11) is 0. The van der Waals surface area contributed by atoms with Crippen LogP contribution in [0.5, 0.6) is 0 Å². The summed E-state index contributed by atoms with van der Waals surface area (Å²) in [5.74, 6) is 0.676. The van der Waals surface area contributed by atoms with Crippen molar-refractivity contribution in [2.75, 3.05) is 31.1 Å². The van der Waals surface area contributed by atoms with Crippen LogP contribution in [0.25, 0.3) is 0 Å². The quantitative estimate of drug-likeness (QED) is 0.875. The van der Waals surface area contributed by atoms with Crippen molar-refractivity contribution < 1.29 is 4.42 Å². The highest BCUT2D eigenvalue weighted by Crippen LogP contribution is 2.15. The summed E-state index contributed by atoms with van der Waals surface area (Å²) in [4.78, 5) is 2.12. The van der Waals surface area contributed by atoms with Crippen LogP contribution in [0.2, 0.25) is 0 Å². The summed E-state index contributed by atoms with van der Waals surface area (Å²) >= 11 is 0. The highest BCUT2D eigenvalue weighted by Gasteiger charge is 2.16. The zero-order chi connectivity index (χ0) is 12.2. The second-order valence-electron chi connectivity index (χ2n) is 4.38. The molecule has 0 atom stereocenters. The van der Waals surface area contributed by atoms with Crippen LogP contribution in [0.1, 0.15) is 11.5 Å². The van der Waals surface area contributed by atoms with Crippen molar-refractivity contribution in [2.24, 2.45) is 0 Å². The number of piperazine rings is 1. The second kappa shape index (κ2) is 5.18. The van der Waals surface area contributed by atoms with Gasteiger partial charge in [-0.05, 0) is 5.56 Å². The molecule has 0 saturated carbocycles. The van der Waals surface area contributed by atoms with Crippen LogP contribution in [0.15, 0.2) is 34.7 Å². The van der Waals surface area contributed by atoms with E-state index < -0.39 is 0 Å². The van der Waals surface area contributed by atoms with Crippen molar-refractivity contribution in [3.8, 4) is 0 Å². The Morgan fingerprint density at radius 3 is 2.67 bits per heavy atom. The molecule has 18 heavy (non-hydrogen) atoms. The number of hydrogen-bond acceptors (Lipinski definition) is 5. The molecule has 1 fully saturated rings. The lowest BCUT2D eigenvalue weighted by atomic mass is 10.2. The number of benzene rings is 1. The fourth-order valence-electron chi connectivity index (χ4n) is 2.07. The Bertz CT molecular complexity index is 491. The van der Waals surface area contributed by atoms with Gasteiger partial charge in [0.2, 0.25) is 5.89 Å². The van der Waals surface area contributed by atoms with Gasteiger partial charge in [-0.15, -0.1) is 5.10 Å². The van der Waals surface area contributed by atoms with Crippen LogP contribution in [-0.4, -0.2) is 36.4 Å². The molecule has 3 rings (SSSR count). The number of nitrogens with one attached hydrogen (secondary N) is 1. The Labute approximate surface area is 106 Å². The lowest BCUT2D eigenvalue weighted by Crippen LogP contribution is -2.43. The molecule has 0 radical (unpaired) electrons. The average Bonchev–Trinajstić information content (AvgIpc) is 2.89. The molecule has 2 heterocycles. The first kappa shape index (κ1) is 11.2. The third-order valence-electron chi connectivity index (χ3n) is 3.04. The summed E-state index contributed by atoms with van der Waals surface area (Å²) < 4.78 is 5.70. The number of anilines is 1. The lowest BCUT2D eigenvalue weighted by Gasteiger charge is -2.24. The molecule has 0 aliphatic carbocycles. The van der Waals surface area contributed by atoms with Gasteiger partial charge in [-0.1, -0.05) is 35.4 Å². The second-order valence-corrected chi connectivity index (χ2v) is 4.38. The SMILES string of the molecule is c1ccc(Cc2nnc(N3CCNCC3)o2)cc1. The maximum Gasteiger partial charge on any atom is 0.318 e. The number of aromatic nitrogens is 2. The van der Waals surface area contributed by atoms with E-state index in [4.69, 9.17) is 4.42 Å². The van der Waals surface area contributed by atoms with E-state index in [9.17, 15) is 0 Å². The molecule has 5 heteroatoms. The zero-order valence-electron chi connectivity index (χ0n) is 10.2. The highest BCUT2D eigenvalue weighted by molar-refractivity contribution is 5.26. The molecule has 1 aromatic carbocycles. The summed E-state index contributed by atoms with van der Waals surface area (Å²) in [5.41, 5.74) is 1.19. The van der Waals surface area contributed by atoms with Gasteiger partial charge in [0.15, 0.2) is 0 Å². The molecule has 0 spiro atoms. The predicted octanol–water partition coefficient (Wildman–Crippen LogP) is 1.07. The van der Waals surface area contributed by atoms with E-state index in [1.807, 2.05) is 18.2 Å². The van der Waals surface area contributed by atoms with Crippen molar-refractivity contribution in [1.82, 2.24) is 15.5 Å². The van der Waals surface area contributed by atoms with Gasteiger partial charge >= 0.3 is 6.01 Å². The number of nitrogens with zero attached hydrogens (tertiary/aromatic N) is 3. The van der Waals surface area contributed by atoms with Crippen LogP contribution in [-0.2, 0) is 6.42 Å². The summed E-state index contributed by atoms with van der Waals surface area (Å²) in [6, 6.07) is 10.8. The van der Waals surface area contributed by atoms with E-state index in [1.54, 1.807) is 0 Å². The van der Waals surface area contributed by atoms with E-state index in [1.165, 1.54) is 5.56 Å². The fourth-order valence-corrected chi connectivity index (χ4v) is 2.07. The molecule has 1 aliphatic rings. The minimum atomic E-state index is 0.641. The van der Waals surface area contributed by atoms with Crippen molar-refractivity contribution >= 4 is 6.01 Å². The van der Waals surface area contributed by atoms with Gasteiger partial charge in [0.25, 0.3) is 0 Å². The topological polar surface area (TPSA) is 54.2 Å². The molecule has 2 aromatic rings. The molecule has 1 aromatic heterocycles. The number of hydrogen-bond donors (Lipinski definition) is 1. The van der Waals surface area contributed by atoms with Crippen LogP contribution in [0, 0.1) is 0 Å². The molecular weight excluding hydrogens is 228 g/mol. The fraction of sp³-hybridized carbons (Fsp3) is 0.385. The smallest absolute Gasteiger partial charge is 0.318 e. The first-order valence-corrected chi connectivity index (χ1v) is 6.24. The maximum absolute atomic E-state index is 5.70. The third-order valence-corrected chi connectivity index (χ3v) is 3.04. The number of rotatable bonds is 3. The first-order valence-electron chi connectivity index (χ1n) is 6.24. The van der Waals surface area contributed by atoms with Gasteiger partial charge in [-0.25, -0.2) is 0 Å². The first-order chi connectivity index (χ1) is 8.92. The van der Waals surface area contributed by atoms with Crippen molar-refractivity contribution in [3.63, 3.8) is 0 Å². The van der Waals surface area contributed by atoms with E-state index in [2.05, 4.69) is 32.5 Å². The van der Waals surface area contributed by atoms with Crippen LogP contribution in [0.4, 0.5) is 6.01 Å². The monoisotopic (exact) mass is 244 g/mol. The van der Waals surface area contributed by atoms with E-state index in [-0.39, 0.29) is 0 Å². The minimum absolute atomic E-state index is 0.641. The lowest BCUT2D eigenvalue weighted by molar-refractivity contribution is 0.472. The van der Waals surface area contributed by atoms with Crippen LogP contribution >= 0.6 is 0 Å². The van der Waals surface area contributed by atoms with Gasteiger partial charge in [0, 0.05) is 26.2 Å². The largest absolute Gasteiger partial charge is 0.408 e. The van der Waals surface area contributed by atoms with E-state index in [0.29, 0.717) is 18.3 Å². The standard InChI is InChI=1S/C13H16N4O/c1-2-4-11(5-3-1)10-12-15-16-13(18-12)17-8-6-14-7-9-17/h1-5,14H,6-10H2. The summed E-state index contributed by atoms with van der Waals surface area (Å²) in [6.45, 7) is 3.78. The molecule has 94 valence electrons. The van der Waals surface area contributed by atoms with Crippen molar-refractivity contribution in [2.45, 2.75) is 6.42 Å². The van der Waals surface area contributed by atoms with E-state index in [0.717, 1.165) is 26.2 Å². The van der Waals surface area contributed by atoms with Gasteiger partial charge in [0.05, 0.1) is 6.42 Å². The average molecular weight is 244 g/mol.